The molecular weight excluding hydrogens is 130 g/mol. The lowest BCUT2D eigenvalue weighted by Crippen LogP contribution is -2.38. The van der Waals surface area contributed by atoms with Gasteiger partial charge in [0, 0.05) is 6.54 Å². The standard InChI is InChI=1S/C7H19NS/c1-9(2,3)7-5-4-6-8-9/h8-9H,4-7H2,1-3H3. The number of hydrogen-bond donors (Lipinski definition) is 2. The molecule has 1 saturated heterocycles. The molecule has 1 N–H and O–H groups in total. The summed E-state index contributed by atoms with van der Waals surface area (Å²) in [5.74, 6) is 1.44. The molecule has 1 fully saturated rings. The second-order valence-electron chi connectivity index (χ2n) is 4.46. The van der Waals surface area contributed by atoms with E-state index in [0.29, 0.717) is 0 Å². The zero-order chi connectivity index (χ0) is 6.98. The van der Waals surface area contributed by atoms with E-state index in [-0.39, 0.29) is 0 Å². The van der Waals surface area contributed by atoms with Crippen LogP contribution in [0.25, 0.3) is 0 Å². The molecule has 0 aromatic heterocycles. The Bertz CT molecular complexity index is 102. The molecule has 0 saturated carbocycles. The van der Waals surface area contributed by atoms with Crippen LogP contribution in [0.15, 0.2) is 0 Å². The fourth-order valence-electron chi connectivity index (χ4n) is 1.36. The number of nitrogens with one attached hydrogen (secondary N) is 1. The summed E-state index contributed by atoms with van der Waals surface area (Å²) in [7, 11) is -1.29. The molecule has 0 amide bonds. The van der Waals surface area contributed by atoms with Gasteiger partial charge in [-0.25, -0.2) is 0 Å². The monoisotopic (exact) mass is 149 g/mol. The van der Waals surface area contributed by atoms with Crippen LogP contribution in [0.5, 0.6) is 0 Å². The number of rotatable bonds is 0. The van der Waals surface area contributed by atoms with Crippen molar-refractivity contribution in [1.29, 1.82) is 0 Å². The summed E-state index contributed by atoms with van der Waals surface area (Å²) in [6.07, 6.45) is 10.1. The van der Waals surface area contributed by atoms with Crippen molar-refractivity contribution in [3.63, 3.8) is 0 Å². The predicted octanol–water partition coefficient (Wildman–Crippen LogP) is 1.25. The van der Waals surface area contributed by atoms with E-state index in [4.69, 9.17) is 0 Å². The summed E-state index contributed by atoms with van der Waals surface area (Å²) in [6.45, 7) is 1.25. The van der Waals surface area contributed by atoms with Gasteiger partial charge in [-0.05, 0) is 37.4 Å². The third-order valence-corrected chi connectivity index (χ3v) is 5.34. The fraction of sp³-hybridized carbons (Fsp3) is 1.00. The largest absolute Gasteiger partial charge is 0.297 e. The van der Waals surface area contributed by atoms with Gasteiger partial charge in [-0.1, -0.05) is 0 Å². The minimum absolute atomic E-state index is 1.25. The lowest BCUT2D eigenvalue weighted by atomic mass is 10.3. The maximum atomic E-state index is 3.67. The second-order valence-corrected chi connectivity index (χ2v) is 11.5. The van der Waals surface area contributed by atoms with Gasteiger partial charge in [0.15, 0.2) is 0 Å². The Morgan fingerprint density at radius 3 is 2.00 bits per heavy atom. The van der Waals surface area contributed by atoms with Crippen molar-refractivity contribution < 1.29 is 0 Å². The van der Waals surface area contributed by atoms with E-state index >= 15 is 0 Å². The quantitative estimate of drug-likeness (QED) is 0.494. The third-order valence-electron chi connectivity index (χ3n) is 2.07. The zero-order valence-electron chi connectivity index (χ0n) is 6.78. The molecule has 58 valence electrons. The lowest BCUT2D eigenvalue weighted by Gasteiger charge is -2.55. The van der Waals surface area contributed by atoms with Gasteiger partial charge in [-0.2, -0.15) is 0 Å². The van der Waals surface area contributed by atoms with Gasteiger partial charge < -0.3 is 0 Å². The summed E-state index contributed by atoms with van der Waals surface area (Å²) in [5.41, 5.74) is 0. The molecule has 1 heterocycles. The van der Waals surface area contributed by atoms with E-state index in [9.17, 15) is 0 Å². The van der Waals surface area contributed by atoms with Crippen LogP contribution >= 0.6 is 9.35 Å². The summed E-state index contributed by atoms with van der Waals surface area (Å²) in [6, 6.07) is 0. The van der Waals surface area contributed by atoms with Gasteiger partial charge in [0.25, 0.3) is 0 Å². The molecular formula is C7H19NS. The Hall–Kier alpha value is 0.310. The predicted molar refractivity (Wildman–Crippen MR) is 48.9 cm³/mol. The number of hydrogen-bond acceptors (Lipinski definition) is 1. The highest BCUT2D eigenvalue weighted by Crippen LogP contribution is 2.56. The average molecular weight is 149 g/mol. The van der Waals surface area contributed by atoms with Crippen LogP contribution in [-0.2, 0) is 0 Å². The van der Waals surface area contributed by atoms with Crippen molar-refractivity contribution in [2.24, 2.45) is 0 Å². The van der Waals surface area contributed by atoms with Crippen LogP contribution in [-0.4, -0.2) is 31.1 Å². The molecule has 1 nitrogen and oxygen atoms in total. The van der Waals surface area contributed by atoms with Crippen molar-refractivity contribution >= 4 is 9.35 Å². The molecule has 2 heteroatoms. The highest BCUT2D eigenvalue weighted by Gasteiger charge is 2.25. The molecule has 0 radical (unpaired) electrons. The first kappa shape index (κ1) is 7.42. The van der Waals surface area contributed by atoms with Crippen molar-refractivity contribution in [2.75, 3.05) is 31.1 Å². The van der Waals surface area contributed by atoms with Gasteiger partial charge in [-0.15, -0.1) is 0 Å². The molecule has 0 atom stereocenters. The SMILES string of the molecule is C[SH]1(C)(C)CCCCN1. The molecule has 0 spiro atoms. The maximum absolute atomic E-state index is 3.67. The first-order chi connectivity index (χ1) is 3.97. The highest BCUT2D eigenvalue weighted by molar-refractivity contribution is 8.46. The topological polar surface area (TPSA) is 12.0 Å². The van der Waals surface area contributed by atoms with Crippen LogP contribution in [0.3, 0.4) is 0 Å². The van der Waals surface area contributed by atoms with E-state index in [2.05, 4.69) is 23.5 Å². The lowest BCUT2D eigenvalue weighted by molar-refractivity contribution is 0.735. The van der Waals surface area contributed by atoms with Crippen LogP contribution < -0.4 is 4.72 Å². The summed E-state index contributed by atoms with van der Waals surface area (Å²) < 4.78 is 3.67. The van der Waals surface area contributed by atoms with E-state index in [1.165, 1.54) is 25.1 Å². The summed E-state index contributed by atoms with van der Waals surface area (Å²) >= 11 is 0. The van der Waals surface area contributed by atoms with E-state index < -0.39 is 9.35 Å². The second kappa shape index (κ2) is 1.89. The normalized spacial score (nSPS) is 36.6. The fourth-order valence-corrected chi connectivity index (χ4v) is 3.84. The van der Waals surface area contributed by atoms with Gasteiger partial charge in [-0.3, -0.25) is 14.1 Å². The Morgan fingerprint density at radius 1 is 1.11 bits per heavy atom. The molecule has 9 heavy (non-hydrogen) atoms. The molecule has 1 rings (SSSR count). The van der Waals surface area contributed by atoms with E-state index in [0.717, 1.165) is 0 Å². The van der Waals surface area contributed by atoms with Crippen LogP contribution in [0.1, 0.15) is 12.8 Å². The summed E-state index contributed by atoms with van der Waals surface area (Å²) in [5, 5.41) is 0. The first-order valence-electron chi connectivity index (χ1n) is 3.74. The van der Waals surface area contributed by atoms with Crippen molar-refractivity contribution in [3.05, 3.63) is 0 Å². The molecule has 0 bridgehead atoms. The minimum Gasteiger partial charge on any atom is -0.297 e. The van der Waals surface area contributed by atoms with E-state index in [1.54, 1.807) is 0 Å². The molecule has 0 aromatic carbocycles. The molecule has 0 aromatic rings. The molecule has 0 aliphatic carbocycles. The smallest absolute Gasteiger partial charge is 0.00275 e. The highest BCUT2D eigenvalue weighted by atomic mass is 32.3. The Morgan fingerprint density at radius 2 is 1.78 bits per heavy atom. The Balaban J connectivity index is 2.58. The van der Waals surface area contributed by atoms with Gasteiger partial charge >= 0.3 is 0 Å². The van der Waals surface area contributed by atoms with Crippen molar-refractivity contribution in [1.82, 2.24) is 4.72 Å². The van der Waals surface area contributed by atoms with Crippen LogP contribution in [0.4, 0.5) is 0 Å². The number of thiol groups is 1. The minimum atomic E-state index is -1.29. The Kier molecular flexibility index (Phi) is 1.56. The summed E-state index contributed by atoms with van der Waals surface area (Å²) in [4.78, 5) is 0. The van der Waals surface area contributed by atoms with Gasteiger partial charge in [0.1, 0.15) is 0 Å². The van der Waals surface area contributed by atoms with Crippen molar-refractivity contribution in [3.8, 4) is 0 Å². The van der Waals surface area contributed by atoms with E-state index in [1.807, 2.05) is 0 Å². The molecule has 0 unspecified atom stereocenters. The van der Waals surface area contributed by atoms with Gasteiger partial charge in [0.05, 0.1) is 0 Å². The third kappa shape index (κ3) is 2.18. The van der Waals surface area contributed by atoms with Gasteiger partial charge in [0.2, 0.25) is 0 Å². The van der Waals surface area contributed by atoms with Crippen molar-refractivity contribution in [2.45, 2.75) is 12.8 Å². The zero-order valence-corrected chi connectivity index (χ0v) is 7.67. The van der Waals surface area contributed by atoms with Crippen LogP contribution in [0, 0.1) is 0 Å². The maximum Gasteiger partial charge on any atom is 0.00275 e. The first-order valence-corrected chi connectivity index (χ1v) is 7.50. The Labute approximate surface area is 58.6 Å². The molecule has 1 aliphatic heterocycles. The van der Waals surface area contributed by atoms with Crippen LogP contribution in [0.2, 0.25) is 0 Å². The average Bonchev–Trinajstić information content (AvgIpc) is 1.62. The molecule has 1 aliphatic rings.